The molecule has 12 nitrogen and oxygen atoms in total. The van der Waals surface area contributed by atoms with Gasteiger partial charge in [0.2, 0.25) is 29.5 Å². The number of allylic oxidation sites excluding steroid dienone is 1. The normalized spacial score (nSPS) is 21.0. The number of ketones is 1. The quantitative estimate of drug-likeness (QED) is 0.0548. The Balaban J connectivity index is 1.10. The highest BCUT2D eigenvalue weighted by Gasteiger charge is 2.51. The van der Waals surface area contributed by atoms with Gasteiger partial charge in [-0.2, -0.15) is 0 Å². The third-order valence-corrected chi connectivity index (χ3v) is 18.3. The maximum atomic E-state index is 14.4. The zero-order valence-corrected chi connectivity index (χ0v) is 40.8. The number of unbranched alkanes of at least 4 members (excludes halogenated alkanes) is 1. The van der Waals surface area contributed by atoms with E-state index in [0.717, 1.165) is 27.2 Å². The average Bonchev–Trinajstić information content (AvgIpc) is 3.82. The molecule has 2 heterocycles. The van der Waals surface area contributed by atoms with E-state index < -0.39 is 55.8 Å². The van der Waals surface area contributed by atoms with E-state index in [-0.39, 0.29) is 41.9 Å². The fraction of sp³-hybridized carbons (Fsp3) is 0.407. The van der Waals surface area contributed by atoms with Crippen molar-refractivity contribution >= 4 is 59.7 Å². The minimum Gasteiger partial charge on any atom is -0.397 e. The van der Waals surface area contributed by atoms with E-state index in [9.17, 15) is 28.8 Å². The molecule has 4 N–H and O–H groups in total. The molecule has 354 valence electrons. The van der Waals surface area contributed by atoms with Gasteiger partial charge in [0.25, 0.3) is 8.32 Å². The summed E-state index contributed by atoms with van der Waals surface area (Å²) >= 11 is 0. The van der Waals surface area contributed by atoms with Gasteiger partial charge in [-0.15, -0.1) is 0 Å². The molecule has 0 spiro atoms. The Morgan fingerprint density at radius 3 is 2.03 bits per heavy atom. The second kappa shape index (κ2) is 22.5. The summed E-state index contributed by atoms with van der Waals surface area (Å²) in [5.41, 5.74) is 1.09. The minimum atomic E-state index is -2.96. The molecular formula is C54H67N5O7Si. The topological polar surface area (TPSA) is 163 Å². The molecule has 5 atom stereocenters. The van der Waals surface area contributed by atoms with Crippen molar-refractivity contribution in [3.63, 3.8) is 0 Å². The van der Waals surface area contributed by atoms with Crippen LogP contribution in [0, 0.1) is 0 Å². The number of amides is 5. The Labute approximate surface area is 396 Å². The molecule has 4 aromatic carbocycles. The van der Waals surface area contributed by atoms with E-state index in [0.29, 0.717) is 45.1 Å². The third-order valence-electron chi connectivity index (χ3n) is 13.2. The smallest absolute Gasteiger partial charge is 0.262 e. The first-order chi connectivity index (χ1) is 32.0. The van der Waals surface area contributed by atoms with Crippen LogP contribution in [0.25, 0.3) is 0 Å². The van der Waals surface area contributed by atoms with E-state index in [4.69, 9.17) is 4.43 Å². The van der Waals surface area contributed by atoms with Gasteiger partial charge >= 0.3 is 0 Å². The second-order valence-corrected chi connectivity index (χ2v) is 23.3. The van der Waals surface area contributed by atoms with Crippen molar-refractivity contribution < 1.29 is 33.2 Å². The number of benzene rings is 4. The standard InChI is InChI=1S/C54H67N5O7Si/c1-7-54(6)52(65)57-45(37-40-32-30-39(31-33-40)34-35-48(61)55-41-21-12-8-13-22-41)51(64)59-36-20-28-46(59)50(63)56-44(49(62)58-54)27-18-11-19-29-47(60)38(2)66-67(53(3,4)5,42-23-14-9-15-24-42)43-25-16-10-17-26-43/h8-10,12-17,19,21-26,29-33,38,44-46H,7,11,18,20,27-28,34-37H2,1-6H3,(H,55,61)(H,56,63)(H,57,65)(H,58,62)/b29-19+/t38-,44+,45+,46-,54+/m1/s1. The van der Waals surface area contributed by atoms with Gasteiger partial charge in [-0.05, 0) is 104 Å². The van der Waals surface area contributed by atoms with E-state index in [1.54, 1.807) is 32.9 Å². The predicted molar refractivity (Wildman–Crippen MR) is 265 cm³/mol. The van der Waals surface area contributed by atoms with Crippen LogP contribution in [-0.4, -0.2) is 84.8 Å². The third kappa shape index (κ3) is 12.4. The molecule has 0 unspecified atom stereocenters. The predicted octanol–water partition coefficient (Wildman–Crippen LogP) is 6.32. The molecule has 0 bridgehead atoms. The minimum absolute atomic E-state index is 0.0943. The number of nitrogens with zero attached hydrogens (tertiary/aromatic N) is 1. The van der Waals surface area contributed by atoms with Crippen LogP contribution in [0.2, 0.25) is 5.04 Å². The highest BCUT2D eigenvalue weighted by atomic mass is 28.4. The fourth-order valence-corrected chi connectivity index (χ4v) is 13.8. The Morgan fingerprint density at radius 2 is 1.43 bits per heavy atom. The molecule has 0 aromatic heterocycles. The number of hydrogen-bond donors (Lipinski definition) is 4. The Kier molecular flexibility index (Phi) is 16.9. The lowest BCUT2D eigenvalue weighted by atomic mass is 9.94. The number of nitrogens with one attached hydrogen (secondary N) is 4. The Morgan fingerprint density at radius 1 is 0.836 bits per heavy atom. The summed E-state index contributed by atoms with van der Waals surface area (Å²) in [6.07, 6.45) is 5.96. The number of carbonyl (C=O) groups excluding carboxylic acids is 6. The molecular weight excluding hydrogens is 859 g/mol. The lowest BCUT2D eigenvalue weighted by molar-refractivity contribution is -0.144. The Hall–Kier alpha value is -6.18. The zero-order chi connectivity index (χ0) is 48.2. The molecule has 2 aliphatic heterocycles. The molecule has 67 heavy (non-hydrogen) atoms. The van der Waals surface area contributed by atoms with Gasteiger partial charge in [-0.25, -0.2) is 0 Å². The second-order valence-electron chi connectivity index (χ2n) is 19.0. The molecule has 6 rings (SSSR count). The Bertz CT molecular complexity index is 2330. The molecule has 5 amide bonds. The number of para-hydroxylation sites is 1. The first-order valence-electron chi connectivity index (χ1n) is 23.7. The van der Waals surface area contributed by atoms with Crippen LogP contribution in [-0.2, 0) is 46.0 Å². The first-order valence-corrected chi connectivity index (χ1v) is 25.6. The first kappa shape index (κ1) is 50.2. The van der Waals surface area contributed by atoms with Crippen molar-refractivity contribution in [3.05, 3.63) is 139 Å². The van der Waals surface area contributed by atoms with E-state index in [2.05, 4.69) is 66.3 Å². The van der Waals surface area contributed by atoms with Gasteiger partial charge in [0.1, 0.15) is 29.8 Å². The molecule has 2 fully saturated rings. The van der Waals surface area contributed by atoms with Crippen LogP contribution >= 0.6 is 0 Å². The van der Waals surface area contributed by atoms with Gasteiger partial charge in [0.05, 0.1) is 0 Å². The maximum absolute atomic E-state index is 14.4. The summed E-state index contributed by atoms with van der Waals surface area (Å²) in [5.74, 6) is -2.05. The molecule has 0 radical (unpaired) electrons. The number of aryl methyl sites for hydroxylation is 1. The van der Waals surface area contributed by atoms with E-state index in [1.807, 2.05) is 91.0 Å². The number of anilines is 1. The summed E-state index contributed by atoms with van der Waals surface area (Å²) in [6, 6.07) is 34.4. The summed E-state index contributed by atoms with van der Waals surface area (Å²) in [6.45, 7) is 12.0. The van der Waals surface area contributed by atoms with Gasteiger partial charge in [0, 0.05) is 25.1 Å². The highest BCUT2D eigenvalue weighted by Crippen LogP contribution is 2.37. The molecule has 4 aromatic rings. The van der Waals surface area contributed by atoms with Crippen LogP contribution in [0.15, 0.2) is 127 Å². The number of rotatable bonds is 17. The summed E-state index contributed by atoms with van der Waals surface area (Å²) in [4.78, 5) is 84.3. The van der Waals surface area contributed by atoms with Crippen molar-refractivity contribution in [2.24, 2.45) is 0 Å². The lowest BCUT2D eigenvalue weighted by Crippen LogP contribution is -2.68. The summed E-state index contributed by atoms with van der Waals surface area (Å²) < 4.78 is 7.00. The van der Waals surface area contributed by atoms with Gasteiger partial charge in [-0.3, -0.25) is 28.8 Å². The van der Waals surface area contributed by atoms with Crippen LogP contribution < -0.4 is 31.6 Å². The molecule has 0 aliphatic carbocycles. The lowest BCUT2D eigenvalue weighted by Gasteiger charge is -2.44. The summed E-state index contributed by atoms with van der Waals surface area (Å²) in [5, 5.41) is 13.6. The van der Waals surface area contributed by atoms with E-state index in [1.165, 1.54) is 4.90 Å². The monoisotopic (exact) mass is 925 g/mol. The van der Waals surface area contributed by atoms with Gasteiger partial charge < -0.3 is 30.6 Å². The van der Waals surface area contributed by atoms with Crippen LogP contribution in [0.5, 0.6) is 0 Å². The van der Waals surface area contributed by atoms with Crippen molar-refractivity contribution in [1.82, 2.24) is 20.9 Å². The summed E-state index contributed by atoms with van der Waals surface area (Å²) in [7, 11) is -2.96. The highest BCUT2D eigenvalue weighted by molar-refractivity contribution is 6.99. The molecule has 13 heteroatoms. The molecule has 2 aliphatic rings. The van der Waals surface area contributed by atoms with E-state index >= 15 is 0 Å². The number of hydrogen-bond acceptors (Lipinski definition) is 7. The average molecular weight is 926 g/mol. The van der Waals surface area contributed by atoms with Gasteiger partial charge in [-0.1, -0.05) is 137 Å². The van der Waals surface area contributed by atoms with Crippen molar-refractivity contribution in [2.75, 3.05) is 11.9 Å². The molecule has 0 saturated carbocycles. The SMILES string of the molecule is CC[C@]1(C)NC(=O)[C@H](CCC/C=C/C(=O)[C@@H](C)O[Si](c2ccccc2)(c2ccccc2)C(C)(C)C)NC(=O)[C@H]2CCCN2C(=O)[C@H](Cc2ccc(CCC(=O)Nc3ccccc3)cc2)NC1=O. The van der Waals surface area contributed by atoms with Crippen molar-refractivity contribution in [2.45, 2.75) is 134 Å². The number of fused-ring (bicyclic) bond motifs is 1. The largest absolute Gasteiger partial charge is 0.397 e. The zero-order valence-electron chi connectivity index (χ0n) is 39.8. The van der Waals surface area contributed by atoms with Crippen molar-refractivity contribution in [1.29, 1.82) is 0 Å². The van der Waals surface area contributed by atoms with Gasteiger partial charge in [0.15, 0.2) is 5.78 Å². The fourth-order valence-electron chi connectivity index (χ4n) is 9.09. The van der Waals surface area contributed by atoms with Crippen LogP contribution in [0.3, 0.4) is 0 Å². The van der Waals surface area contributed by atoms with Crippen molar-refractivity contribution in [3.8, 4) is 0 Å². The molecule has 2 saturated heterocycles. The van der Waals surface area contributed by atoms with Crippen LogP contribution in [0.4, 0.5) is 5.69 Å². The van der Waals surface area contributed by atoms with Crippen LogP contribution in [0.1, 0.15) is 97.6 Å². The maximum Gasteiger partial charge on any atom is 0.262 e. The number of carbonyl (C=O) groups is 6.